The van der Waals surface area contributed by atoms with Crippen LogP contribution in [0.25, 0.3) is 20.4 Å². The van der Waals surface area contributed by atoms with Crippen LogP contribution in [0.2, 0.25) is 0 Å². The summed E-state index contributed by atoms with van der Waals surface area (Å²) in [6.45, 7) is 7.13. The number of anilines is 2. The Morgan fingerprint density at radius 1 is 0.646 bits per heavy atom. The van der Waals surface area contributed by atoms with Gasteiger partial charge >= 0.3 is 11.9 Å². The van der Waals surface area contributed by atoms with Crippen LogP contribution in [0.3, 0.4) is 0 Å². The second-order valence-electron chi connectivity index (χ2n) is 15.1. The zero-order chi connectivity index (χ0) is 45.1. The summed E-state index contributed by atoms with van der Waals surface area (Å²) < 4.78 is 25.2. The van der Waals surface area contributed by atoms with E-state index in [0.29, 0.717) is 54.0 Å². The largest absolute Gasteiger partial charge is 0.494 e. The number of aryl methyl sites for hydroxylation is 2. The van der Waals surface area contributed by atoms with Crippen LogP contribution in [-0.2, 0) is 22.4 Å². The van der Waals surface area contributed by atoms with Gasteiger partial charge < -0.3 is 18.9 Å². The number of unbranched alkanes of at least 4 members (excludes halogenated alkanes) is 5. The molecule has 0 saturated heterocycles. The minimum Gasteiger partial charge on any atom is -0.494 e. The molecular weight excluding hydrogens is 857 g/mol. The minimum absolute atomic E-state index is 0.372. The molecule has 0 spiro atoms. The van der Waals surface area contributed by atoms with Crippen LogP contribution in [0, 0.1) is 0 Å². The lowest BCUT2D eigenvalue weighted by molar-refractivity contribution is -0.137. The van der Waals surface area contributed by atoms with E-state index in [1.807, 2.05) is 72.8 Å². The number of nitrogens with one attached hydrogen (secondary N) is 2. The van der Waals surface area contributed by atoms with Gasteiger partial charge in [0.05, 0.1) is 58.2 Å². The smallest absolute Gasteiger partial charge is 0.343 e. The summed E-state index contributed by atoms with van der Waals surface area (Å²) in [7, 11) is 0. The van der Waals surface area contributed by atoms with Gasteiger partial charge in [0.15, 0.2) is 0 Å². The third-order valence-corrected chi connectivity index (χ3v) is 12.1. The van der Waals surface area contributed by atoms with E-state index in [4.69, 9.17) is 18.9 Å². The SMILES string of the molecule is C=CC(=O)OCCCCCCOc1ccc(C(=O)Oc2ccc(CCc3ccc(OCCCCC)c(/C=N/Nc4nc5ccccc5s4)c3)cc2/C=N/Nc2nc3ccccc3s2)cc1. The van der Waals surface area contributed by atoms with Crippen molar-refractivity contribution < 1.29 is 28.5 Å². The zero-order valence-corrected chi connectivity index (χ0v) is 38.0. The lowest BCUT2D eigenvalue weighted by Crippen LogP contribution is -2.10. The molecule has 5 aromatic carbocycles. The molecule has 0 unspecified atom stereocenters. The van der Waals surface area contributed by atoms with E-state index in [-0.39, 0.29) is 0 Å². The van der Waals surface area contributed by atoms with Crippen molar-refractivity contribution in [2.45, 2.75) is 64.7 Å². The predicted molar refractivity (Wildman–Crippen MR) is 264 cm³/mol. The van der Waals surface area contributed by atoms with Gasteiger partial charge in [-0.05, 0) is 129 Å². The highest BCUT2D eigenvalue weighted by atomic mass is 32.1. The van der Waals surface area contributed by atoms with Crippen molar-refractivity contribution in [2.75, 3.05) is 30.7 Å². The highest BCUT2D eigenvalue weighted by Gasteiger charge is 2.14. The number of rotatable bonds is 25. The third-order valence-electron chi connectivity index (χ3n) is 10.2. The number of benzene rings is 5. The van der Waals surface area contributed by atoms with Crippen molar-refractivity contribution in [3.63, 3.8) is 0 Å². The summed E-state index contributed by atoms with van der Waals surface area (Å²) in [6, 6.07) is 34.8. The number of hydrogen-bond acceptors (Lipinski definition) is 14. The maximum atomic E-state index is 13.5. The molecule has 0 aliphatic heterocycles. The Balaban J connectivity index is 1.01. The fourth-order valence-corrected chi connectivity index (χ4v) is 8.37. The molecule has 0 saturated carbocycles. The van der Waals surface area contributed by atoms with Gasteiger partial charge in [0.25, 0.3) is 0 Å². The number of aromatic nitrogens is 2. The molecule has 2 N–H and O–H groups in total. The van der Waals surface area contributed by atoms with E-state index >= 15 is 0 Å². The predicted octanol–water partition coefficient (Wildman–Crippen LogP) is 12.0. The summed E-state index contributed by atoms with van der Waals surface area (Å²) in [5.74, 6) is 0.911. The molecule has 0 amide bonds. The fourth-order valence-electron chi connectivity index (χ4n) is 6.74. The Hall–Kier alpha value is -6.90. The van der Waals surface area contributed by atoms with E-state index in [0.717, 1.165) is 99.4 Å². The Labute approximate surface area is 387 Å². The number of carbonyl (C=O) groups is 2. The standard InChI is InChI=1S/C51H52N6O6S2/c1-3-5-12-30-61-44-27-21-36(32-39(44)34-52-56-50-54-42-15-8-10-17-46(42)64-50)19-20-37-22-28-45(40(33-37)35-53-57-51-55-43-16-9-11-18-47(43)65-51)63-49(59)38-23-25-41(26-24-38)60-29-13-6-7-14-31-62-48(58)4-2/h4,8-11,15-18,21-28,32-35H,2-3,5-7,12-14,19-20,29-31H2,1H3,(H,54,56)(H,55,57)/b52-34+,53-35+. The van der Waals surface area contributed by atoms with Crippen molar-refractivity contribution in [1.29, 1.82) is 0 Å². The van der Waals surface area contributed by atoms with Crippen LogP contribution in [0.4, 0.5) is 10.3 Å². The first-order chi connectivity index (χ1) is 31.9. The van der Waals surface area contributed by atoms with Crippen LogP contribution in [-0.4, -0.2) is 54.2 Å². The van der Waals surface area contributed by atoms with Crippen LogP contribution in [0.15, 0.2) is 132 Å². The second-order valence-corrected chi connectivity index (χ2v) is 17.1. The van der Waals surface area contributed by atoms with Gasteiger partial charge in [0.2, 0.25) is 10.3 Å². The van der Waals surface area contributed by atoms with Gasteiger partial charge in [0.1, 0.15) is 17.2 Å². The first-order valence-corrected chi connectivity index (χ1v) is 23.5. The quantitative estimate of drug-likeness (QED) is 0.0142. The summed E-state index contributed by atoms with van der Waals surface area (Å²) in [5, 5.41) is 10.4. The normalized spacial score (nSPS) is 11.3. The van der Waals surface area contributed by atoms with E-state index in [9.17, 15) is 9.59 Å². The van der Waals surface area contributed by atoms with Crippen molar-refractivity contribution in [3.8, 4) is 17.2 Å². The number of ether oxygens (including phenoxy) is 4. The van der Waals surface area contributed by atoms with Crippen LogP contribution >= 0.6 is 22.7 Å². The lowest BCUT2D eigenvalue weighted by Gasteiger charge is -2.12. The number of fused-ring (bicyclic) bond motifs is 2. The first-order valence-electron chi connectivity index (χ1n) is 21.9. The summed E-state index contributed by atoms with van der Waals surface area (Å²) >= 11 is 3.06. The Bertz CT molecular complexity index is 2660. The van der Waals surface area contributed by atoms with Gasteiger partial charge in [0, 0.05) is 17.2 Å². The van der Waals surface area contributed by atoms with Gasteiger partial charge in [-0.15, -0.1) is 0 Å². The van der Waals surface area contributed by atoms with Crippen molar-refractivity contribution in [3.05, 3.63) is 150 Å². The number of nitrogens with zero attached hydrogens (tertiary/aromatic N) is 4. The maximum Gasteiger partial charge on any atom is 0.343 e. The molecule has 2 aromatic heterocycles. The molecule has 14 heteroatoms. The average Bonchev–Trinajstić information content (AvgIpc) is 3.95. The fraction of sp³-hybridized carbons (Fsp3) is 0.255. The second kappa shape index (κ2) is 24.2. The van der Waals surface area contributed by atoms with Gasteiger partial charge in [-0.25, -0.2) is 19.6 Å². The number of hydrogen-bond donors (Lipinski definition) is 2. The first kappa shape index (κ1) is 46.1. The lowest BCUT2D eigenvalue weighted by atomic mass is 10.0. The Morgan fingerprint density at radius 2 is 1.20 bits per heavy atom. The highest BCUT2D eigenvalue weighted by Crippen LogP contribution is 2.28. The molecule has 7 rings (SSSR count). The third kappa shape index (κ3) is 14.0. The van der Waals surface area contributed by atoms with Crippen LogP contribution in [0.1, 0.15) is 84.5 Å². The van der Waals surface area contributed by atoms with E-state index in [2.05, 4.69) is 56.7 Å². The molecule has 0 fully saturated rings. The maximum absolute atomic E-state index is 13.5. The Kier molecular flexibility index (Phi) is 17.2. The molecule has 334 valence electrons. The molecule has 0 aliphatic carbocycles. The number of esters is 2. The Morgan fingerprint density at radius 3 is 1.80 bits per heavy atom. The van der Waals surface area contributed by atoms with Crippen LogP contribution in [0.5, 0.6) is 17.2 Å². The van der Waals surface area contributed by atoms with Crippen molar-refractivity contribution in [1.82, 2.24) is 9.97 Å². The van der Waals surface area contributed by atoms with E-state index in [1.165, 1.54) is 17.4 Å². The van der Waals surface area contributed by atoms with E-state index in [1.54, 1.807) is 48.0 Å². The van der Waals surface area contributed by atoms with Gasteiger partial charge in [-0.1, -0.05) is 85.4 Å². The zero-order valence-electron chi connectivity index (χ0n) is 36.4. The van der Waals surface area contributed by atoms with Crippen LogP contribution < -0.4 is 25.1 Å². The van der Waals surface area contributed by atoms with Crippen molar-refractivity contribution >= 4 is 77.7 Å². The number of para-hydroxylation sites is 2. The average molecular weight is 909 g/mol. The van der Waals surface area contributed by atoms with Crippen molar-refractivity contribution in [2.24, 2.45) is 10.2 Å². The summed E-state index contributed by atoms with van der Waals surface area (Å²) in [5.41, 5.74) is 12.0. The molecule has 12 nitrogen and oxygen atoms in total. The molecule has 0 atom stereocenters. The molecular formula is C51H52N6O6S2. The molecule has 2 heterocycles. The molecule has 0 radical (unpaired) electrons. The monoisotopic (exact) mass is 908 g/mol. The number of thiazole rings is 2. The van der Waals surface area contributed by atoms with Gasteiger partial charge in [-0.2, -0.15) is 10.2 Å². The summed E-state index contributed by atoms with van der Waals surface area (Å²) in [6.07, 6.45) is 12.8. The van der Waals surface area contributed by atoms with Gasteiger partial charge in [-0.3, -0.25) is 10.9 Å². The van der Waals surface area contributed by atoms with E-state index < -0.39 is 11.9 Å². The molecule has 65 heavy (non-hydrogen) atoms. The minimum atomic E-state index is -0.501. The molecule has 7 aromatic rings. The summed E-state index contributed by atoms with van der Waals surface area (Å²) in [4.78, 5) is 33.9. The molecule has 0 aliphatic rings. The number of hydrazone groups is 2. The number of carbonyl (C=O) groups excluding carboxylic acids is 2. The highest BCUT2D eigenvalue weighted by molar-refractivity contribution is 7.22. The molecule has 0 bridgehead atoms. The topological polar surface area (TPSA) is 146 Å².